The van der Waals surface area contributed by atoms with Crippen molar-refractivity contribution in [3.05, 3.63) is 17.2 Å². The van der Waals surface area contributed by atoms with Gasteiger partial charge in [-0.05, 0) is 19.3 Å². The number of hydrogen-bond donors (Lipinski definition) is 2. The third kappa shape index (κ3) is 1.95. The summed E-state index contributed by atoms with van der Waals surface area (Å²) < 4.78 is 1.70. The molecule has 94 valence electrons. The van der Waals surface area contributed by atoms with Gasteiger partial charge < -0.3 is 14.8 Å². The Balaban J connectivity index is 2.65. The Bertz CT molecular complexity index is 457. The van der Waals surface area contributed by atoms with Crippen molar-refractivity contribution in [1.29, 1.82) is 0 Å². The molecule has 1 aromatic heterocycles. The van der Waals surface area contributed by atoms with E-state index in [9.17, 15) is 9.90 Å². The maximum Gasteiger partial charge on any atom is 0.356 e. The summed E-state index contributed by atoms with van der Waals surface area (Å²) in [6.45, 7) is 5.90. The molecule has 1 aliphatic rings. The van der Waals surface area contributed by atoms with E-state index >= 15 is 0 Å². The molecule has 0 aromatic carbocycles. The molecule has 0 amide bonds. The maximum atomic E-state index is 11.2. The number of imidazole rings is 1. The first-order chi connectivity index (χ1) is 7.82. The standard InChI is InChI=1S/C12H18N2O3/c1-12(2,3)11-13-9(10(16)17)7-5-4-6-8(15)14(7)11/h8,15H,4-6H2,1-3H3,(H,16,17). The zero-order valence-corrected chi connectivity index (χ0v) is 10.4. The number of rotatable bonds is 1. The monoisotopic (exact) mass is 238 g/mol. The number of hydrogen-bond acceptors (Lipinski definition) is 3. The van der Waals surface area contributed by atoms with Gasteiger partial charge in [0, 0.05) is 5.41 Å². The number of carboxylic acid groups (broad SMARTS) is 1. The van der Waals surface area contributed by atoms with E-state index in [1.54, 1.807) is 4.57 Å². The Hall–Kier alpha value is -1.36. The van der Waals surface area contributed by atoms with Gasteiger partial charge >= 0.3 is 5.97 Å². The molecule has 5 nitrogen and oxygen atoms in total. The summed E-state index contributed by atoms with van der Waals surface area (Å²) in [5.41, 5.74) is 0.468. The van der Waals surface area contributed by atoms with E-state index in [0.29, 0.717) is 24.4 Å². The van der Waals surface area contributed by atoms with Gasteiger partial charge in [0.15, 0.2) is 5.69 Å². The van der Waals surface area contributed by atoms with Crippen LogP contribution in [0.1, 0.15) is 61.8 Å². The van der Waals surface area contributed by atoms with E-state index in [-0.39, 0.29) is 11.1 Å². The van der Waals surface area contributed by atoms with E-state index in [2.05, 4.69) is 4.98 Å². The molecular weight excluding hydrogens is 220 g/mol. The minimum Gasteiger partial charge on any atom is -0.476 e. The number of aromatic carboxylic acids is 1. The van der Waals surface area contributed by atoms with Gasteiger partial charge in [-0.2, -0.15) is 0 Å². The van der Waals surface area contributed by atoms with Gasteiger partial charge in [0.1, 0.15) is 12.1 Å². The summed E-state index contributed by atoms with van der Waals surface area (Å²) >= 11 is 0. The number of carboxylic acids is 1. The van der Waals surface area contributed by atoms with Gasteiger partial charge in [0.2, 0.25) is 0 Å². The third-order valence-corrected chi connectivity index (χ3v) is 3.06. The van der Waals surface area contributed by atoms with Crippen molar-refractivity contribution >= 4 is 5.97 Å². The van der Waals surface area contributed by atoms with Crippen molar-refractivity contribution in [3.8, 4) is 0 Å². The fraction of sp³-hybridized carbons (Fsp3) is 0.667. The van der Waals surface area contributed by atoms with Crippen LogP contribution in [0.3, 0.4) is 0 Å². The zero-order valence-electron chi connectivity index (χ0n) is 10.4. The molecule has 1 atom stereocenters. The highest BCUT2D eigenvalue weighted by atomic mass is 16.4. The Morgan fingerprint density at radius 2 is 2.12 bits per heavy atom. The lowest BCUT2D eigenvalue weighted by Crippen LogP contribution is -2.25. The molecule has 1 aliphatic heterocycles. The second-order valence-corrected chi connectivity index (χ2v) is 5.53. The predicted molar refractivity (Wildman–Crippen MR) is 62.1 cm³/mol. The SMILES string of the molecule is CC(C)(C)c1nc(C(=O)O)c2n1C(O)CCC2. The lowest BCUT2D eigenvalue weighted by atomic mass is 9.95. The average molecular weight is 238 g/mol. The molecule has 0 aliphatic carbocycles. The van der Waals surface area contributed by atoms with E-state index in [1.165, 1.54) is 0 Å². The maximum absolute atomic E-state index is 11.2. The molecule has 0 bridgehead atoms. The number of nitrogens with zero attached hydrogens (tertiary/aromatic N) is 2. The number of aromatic nitrogens is 2. The number of aliphatic hydroxyl groups excluding tert-OH is 1. The van der Waals surface area contributed by atoms with Gasteiger partial charge in [-0.3, -0.25) is 0 Å². The topological polar surface area (TPSA) is 75.3 Å². The second kappa shape index (κ2) is 3.84. The molecule has 0 spiro atoms. The van der Waals surface area contributed by atoms with Crippen LogP contribution < -0.4 is 0 Å². The highest BCUT2D eigenvalue weighted by Crippen LogP contribution is 2.32. The fourth-order valence-electron chi connectivity index (χ4n) is 2.31. The number of fused-ring (bicyclic) bond motifs is 1. The van der Waals surface area contributed by atoms with Gasteiger partial charge in [0.05, 0.1) is 5.69 Å². The first-order valence-corrected chi connectivity index (χ1v) is 5.85. The van der Waals surface area contributed by atoms with Crippen LogP contribution in [0.25, 0.3) is 0 Å². The van der Waals surface area contributed by atoms with Crippen LogP contribution in [0.4, 0.5) is 0 Å². The molecule has 2 heterocycles. The Kier molecular flexibility index (Phi) is 2.73. The summed E-state index contributed by atoms with van der Waals surface area (Å²) in [6, 6.07) is 0. The molecule has 0 saturated carbocycles. The molecular formula is C12H18N2O3. The van der Waals surface area contributed by atoms with Gasteiger partial charge in [0.25, 0.3) is 0 Å². The van der Waals surface area contributed by atoms with Crippen molar-refractivity contribution in [2.45, 2.75) is 51.7 Å². The molecule has 1 aromatic rings. The van der Waals surface area contributed by atoms with Crippen molar-refractivity contribution in [2.24, 2.45) is 0 Å². The van der Waals surface area contributed by atoms with Crippen LogP contribution in [-0.4, -0.2) is 25.7 Å². The van der Waals surface area contributed by atoms with E-state index in [4.69, 9.17) is 5.11 Å². The van der Waals surface area contributed by atoms with Crippen LogP contribution in [-0.2, 0) is 11.8 Å². The van der Waals surface area contributed by atoms with E-state index in [1.807, 2.05) is 20.8 Å². The summed E-state index contributed by atoms with van der Waals surface area (Å²) in [5.74, 6) is -0.365. The van der Waals surface area contributed by atoms with Crippen molar-refractivity contribution in [2.75, 3.05) is 0 Å². The molecule has 17 heavy (non-hydrogen) atoms. The first-order valence-electron chi connectivity index (χ1n) is 5.85. The lowest BCUT2D eigenvalue weighted by molar-refractivity contribution is 0.0670. The second-order valence-electron chi connectivity index (χ2n) is 5.53. The largest absolute Gasteiger partial charge is 0.476 e. The van der Waals surface area contributed by atoms with E-state index < -0.39 is 12.2 Å². The minimum absolute atomic E-state index is 0.0914. The molecule has 0 saturated heterocycles. The quantitative estimate of drug-likeness (QED) is 0.781. The van der Waals surface area contributed by atoms with Crippen LogP contribution in [0.15, 0.2) is 0 Å². The Morgan fingerprint density at radius 1 is 1.47 bits per heavy atom. The van der Waals surface area contributed by atoms with Crippen LogP contribution in [0.5, 0.6) is 0 Å². The average Bonchev–Trinajstić information content (AvgIpc) is 2.57. The van der Waals surface area contributed by atoms with Gasteiger partial charge in [-0.15, -0.1) is 0 Å². The summed E-state index contributed by atoms with van der Waals surface area (Å²) in [4.78, 5) is 15.4. The number of aliphatic hydroxyl groups is 1. The highest BCUT2D eigenvalue weighted by Gasteiger charge is 2.32. The Morgan fingerprint density at radius 3 is 2.65 bits per heavy atom. The zero-order chi connectivity index (χ0) is 12.8. The van der Waals surface area contributed by atoms with Gasteiger partial charge in [-0.25, -0.2) is 9.78 Å². The summed E-state index contributed by atoms with van der Waals surface area (Å²) in [6.07, 6.45) is 1.48. The van der Waals surface area contributed by atoms with Crippen LogP contribution in [0.2, 0.25) is 0 Å². The molecule has 2 N–H and O–H groups in total. The summed E-state index contributed by atoms with van der Waals surface area (Å²) in [5, 5.41) is 19.2. The Labute approximate surface area is 100 Å². The van der Waals surface area contributed by atoms with E-state index in [0.717, 1.165) is 6.42 Å². The van der Waals surface area contributed by atoms with Crippen molar-refractivity contribution in [1.82, 2.24) is 9.55 Å². The molecule has 2 rings (SSSR count). The third-order valence-electron chi connectivity index (χ3n) is 3.06. The highest BCUT2D eigenvalue weighted by molar-refractivity contribution is 5.87. The summed E-state index contributed by atoms with van der Waals surface area (Å²) in [7, 11) is 0. The number of carbonyl (C=O) groups is 1. The first kappa shape index (κ1) is 12.1. The molecule has 0 fully saturated rings. The van der Waals surface area contributed by atoms with Crippen molar-refractivity contribution in [3.63, 3.8) is 0 Å². The smallest absolute Gasteiger partial charge is 0.356 e. The van der Waals surface area contributed by atoms with Crippen LogP contribution >= 0.6 is 0 Å². The fourth-order valence-corrected chi connectivity index (χ4v) is 2.31. The molecule has 0 radical (unpaired) electrons. The minimum atomic E-state index is -1.02. The predicted octanol–water partition coefficient (Wildman–Crippen LogP) is 1.71. The van der Waals surface area contributed by atoms with Crippen LogP contribution in [0, 0.1) is 0 Å². The lowest BCUT2D eigenvalue weighted by Gasteiger charge is -2.27. The van der Waals surface area contributed by atoms with Crippen molar-refractivity contribution < 1.29 is 15.0 Å². The molecule has 1 unspecified atom stereocenters. The van der Waals surface area contributed by atoms with Gasteiger partial charge in [-0.1, -0.05) is 20.8 Å². The normalized spacial score (nSPS) is 20.1. The molecule has 5 heteroatoms.